The smallest absolute Gasteiger partial charge is 0.365 e. The van der Waals surface area contributed by atoms with Gasteiger partial charge in [-0.3, -0.25) is 9.89 Å². The highest BCUT2D eigenvalue weighted by molar-refractivity contribution is 5.80. The van der Waals surface area contributed by atoms with Crippen LogP contribution in [0.2, 0.25) is 0 Å². The standard InChI is InChI=1S/C20H28F5N5/c1-2-26-19(27-10-14-6-8-29(11-14)13-20(23,24)25)28-15-7-9-30(12-15)18-16(21)4-3-5-17(18)22/h3-5,14-15H,2,6-13H2,1H3,(H2,26,27,28). The van der Waals surface area contributed by atoms with Crippen LogP contribution < -0.4 is 15.5 Å². The summed E-state index contributed by atoms with van der Waals surface area (Å²) >= 11 is 0. The van der Waals surface area contributed by atoms with Gasteiger partial charge in [-0.05, 0) is 44.4 Å². The third kappa shape index (κ3) is 6.20. The molecule has 0 aromatic heterocycles. The lowest BCUT2D eigenvalue weighted by atomic mass is 10.1. The van der Waals surface area contributed by atoms with Gasteiger partial charge in [-0.2, -0.15) is 13.2 Å². The molecule has 3 rings (SSSR count). The highest BCUT2D eigenvalue weighted by Gasteiger charge is 2.34. The molecule has 1 aromatic carbocycles. The molecule has 2 N–H and O–H groups in total. The first-order valence-corrected chi connectivity index (χ1v) is 10.3. The zero-order chi connectivity index (χ0) is 21.7. The number of guanidine groups is 1. The van der Waals surface area contributed by atoms with E-state index < -0.39 is 24.4 Å². The van der Waals surface area contributed by atoms with Gasteiger partial charge >= 0.3 is 6.18 Å². The van der Waals surface area contributed by atoms with Crippen molar-refractivity contribution >= 4 is 11.6 Å². The summed E-state index contributed by atoms with van der Waals surface area (Å²) in [4.78, 5) is 7.64. The van der Waals surface area contributed by atoms with Gasteiger partial charge in [-0.25, -0.2) is 8.78 Å². The summed E-state index contributed by atoms with van der Waals surface area (Å²) in [6, 6.07) is 3.80. The number of halogens is 5. The quantitative estimate of drug-likeness (QED) is 0.411. The third-order valence-corrected chi connectivity index (χ3v) is 5.41. The summed E-state index contributed by atoms with van der Waals surface area (Å²) in [7, 11) is 0. The average molecular weight is 433 g/mol. The van der Waals surface area contributed by atoms with Crippen LogP contribution >= 0.6 is 0 Å². The van der Waals surface area contributed by atoms with Crippen molar-refractivity contribution < 1.29 is 22.0 Å². The normalized spacial score (nSPS) is 23.3. The number of alkyl halides is 3. The molecule has 2 saturated heterocycles. The van der Waals surface area contributed by atoms with Crippen LogP contribution in [0.5, 0.6) is 0 Å². The van der Waals surface area contributed by atoms with Crippen LogP contribution in [0.25, 0.3) is 0 Å². The molecule has 0 saturated carbocycles. The fourth-order valence-corrected chi connectivity index (χ4v) is 4.07. The molecular weight excluding hydrogens is 405 g/mol. The fourth-order valence-electron chi connectivity index (χ4n) is 4.07. The summed E-state index contributed by atoms with van der Waals surface area (Å²) in [5.74, 6) is -0.509. The molecular formula is C20H28F5N5. The zero-order valence-electron chi connectivity index (χ0n) is 17.0. The minimum absolute atomic E-state index is 0.0144. The Morgan fingerprint density at radius 1 is 1.13 bits per heavy atom. The van der Waals surface area contributed by atoms with E-state index in [1.54, 1.807) is 4.90 Å². The van der Waals surface area contributed by atoms with Crippen molar-refractivity contribution in [3.05, 3.63) is 29.8 Å². The van der Waals surface area contributed by atoms with Gasteiger partial charge in [-0.1, -0.05) is 6.07 Å². The number of likely N-dealkylation sites (tertiary alicyclic amines) is 1. The highest BCUT2D eigenvalue weighted by Crippen LogP contribution is 2.27. The van der Waals surface area contributed by atoms with Crippen LogP contribution in [0, 0.1) is 17.6 Å². The van der Waals surface area contributed by atoms with Crippen LogP contribution in [0.1, 0.15) is 19.8 Å². The minimum atomic E-state index is -4.18. The first-order valence-electron chi connectivity index (χ1n) is 10.3. The second-order valence-corrected chi connectivity index (χ2v) is 7.87. The van der Waals surface area contributed by atoms with Gasteiger partial charge in [0.25, 0.3) is 0 Å². The first kappa shape index (κ1) is 22.6. The molecule has 168 valence electrons. The number of aliphatic imine (C=N–C) groups is 1. The van der Waals surface area contributed by atoms with Gasteiger partial charge in [0, 0.05) is 38.8 Å². The monoisotopic (exact) mass is 433 g/mol. The molecule has 2 aliphatic heterocycles. The van der Waals surface area contributed by atoms with E-state index in [0.717, 1.165) is 0 Å². The maximum absolute atomic E-state index is 14.0. The van der Waals surface area contributed by atoms with Gasteiger partial charge < -0.3 is 15.5 Å². The number of anilines is 1. The summed E-state index contributed by atoms with van der Waals surface area (Å²) in [6.07, 6.45) is -2.80. The van der Waals surface area contributed by atoms with E-state index >= 15 is 0 Å². The molecule has 0 radical (unpaired) electrons. The van der Waals surface area contributed by atoms with Crippen LogP contribution in [0.15, 0.2) is 23.2 Å². The zero-order valence-corrected chi connectivity index (χ0v) is 17.0. The van der Waals surface area contributed by atoms with Crippen LogP contribution in [-0.2, 0) is 0 Å². The lowest BCUT2D eigenvalue weighted by molar-refractivity contribution is -0.143. The molecule has 5 nitrogen and oxygen atoms in total. The largest absolute Gasteiger partial charge is 0.401 e. The van der Waals surface area contributed by atoms with Crippen molar-refractivity contribution in [1.82, 2.24) is 15.5 Å². The van der Waals surface area contributed by atoms with Gasteiger partial charge in [0.2, 0.25) is 0 Å². The number of benzene rings is 1. The Balaban J connectivity index is 1.53. The van der Waals surface area contributed by atoms with Crippen LogP contribution in [-0.4, -0.2) is 68.9 Å². The molecule has 0 aliphatic carbocycles. The topological polar surface area (TPSA) is 42.9 Å². The molecule has 30 heavy (non-hydrogen) atoms. The Morgan fingerprint density at radius 2 is 1.87 bits per heavy atom. The third-order valence-electron chi connectivity index (χ3n) is 5.41. The molecule has 0 amide bonds. The van der Waals surface area contributed by atoms with E-state index in [9.17, 15) is 22.0 Å². The maximum atomic E-state index is 14.0. The van der Waals surface area contributed by atoms with Crippen molar-refractivity contribution in [1.29, 1.82) is 0 Å². The van der Waals surface area contributed by atoms with Crippen molar-refractivity contribution in [2.45, 2.75) is 32.0 Å². The molecule has 0 spiro atoms. The number of nitrogens with one attached hydrogen (secondary N) is 2. The van der Waals surface area contributed by atoms with E-state index in [1.807, 2.05) is 6.92 Å². The lowest BCUT2D eigenvalue weighted by Gasteiger charge is -2.21. The molecule has 2 aliphatic rings. The molecule has 2 atom stereocenters. The Morgan fingerprint density at radius 3 is 2.53 bits per heavy atom. The number of hydrogen-bond acceptors (Lipinski definition) is 3. The molecule has 1 aromatic rings. The van der Waals surface area contributed by atoms with E-state index in [0.29, 0.717) is 58.1 Å². The number of nitrogens with zero attached hydrogens (tertiary/aromatic N) is 3. The first-order chi connectivity index (χ1) is 14.2. The summed E-state index contributed by atoms with van der Waals surface area (Å²) in [6.45, 7) is 3.87. The molecule has 0 bridgehead atoms. The Labute approximate surface area is 173 Å². The molecule has 2 fully saturated rings. The Hall–Kier alpha value is -2.10. The minimum Gasteiger partial charge on any atom is -0.365 e. The Kier molecular flexibility index (Phi) is 7.38. The van der Waals surface area contributed by atoms with Crippen LogP contribution in [0.4, 0.5) is 27.6 Å². The van der Waals surface area contributed by atoms with E-state index in [2.05, 4.69) is 15.6 Å². The summed E-state index contributed by atoms with van der Waals surface area (Å²) in [5, 5.41) is 6.43. The van der Waals surface area contributed by atoms with E-state index in [-0.39, 0.29) is 17.6 Å². The highest BCUT2D eigenvalue weighted by atomic mass is 19.4. The molecule has 2 heterocycles. The van der Waals surface area contributed by atoms with E-state index in [4.69, 9.17) is 0 Å². The number of rotatable bonds is 6. The Bertz CT molecular complexity index is 719. The lowest BCUT2D eigenvalue weighted by Crippen LogP contribution is -2.45. The second kappa shape index (κ2) is 9.80. The van der Waals surface area contributed by atoms with Crippen molar-refractivity contribution in [3.8, 4) is 0 Å². The fraction of sp³-hybridized carbons (Fsp3) is 0.650. The predicted octanol–water partition coefficient (Wildman–Crippen LogP) is 2.98. The molecule has 2 unspecified atom stereocenters. The summed E-state index contributed by atoms with van der Waals surface area (Å²) < 4.78 is 65.7. The predicted molar refractivity (Wildman–Crippen MR) is 107 cm³/mol. The number of hydrogen-bond donors (Lipinski definition) is 2. The molecule has 10 heteroatoms. The van der Waals surface area contributed by atoms with Gasteiger partial charge in [0.1, 0.15) is 17.3 Å². The summed E-state index contributed by atoms with van der Waals surface area (Å²) in [5.41, 5.74) is -0.0144. The maximum Gasteiger partial charge on any atom is 0.401 e. The SMILES string of the molecule is CCNC(=NCC1CCN(CC(F)(F)F)C1)NC1CCN(c2c(F)cccc2F)C1. The average Bonchev–Trinajstić information content (AvgIpc) is 3.28. The van der Waals surface area contributed by atoms with Crippen LogP contribution in [0.3, 0.4) is 0 Å². The van der Waals surface area contributed by atoms with Crippen molar-refractivity contribution in [2.24, 2.45) is 10.9 Å². The van der Waals surface area contributed by atoms with Gasteiger partial charge in [0.15, 0.2) is 5.96 Å². The van der Waals surface area contributed by atoms with Gasteiger partial charge in [0.05, 0.1) is 6.54 Å². The van der Waals surface area contributed by atoms with Crippen molar-refractivity contribution in [2.75, 3.05) is 50.7 Å². The van der Waals surface area contributed by atoms with E-state index in [1.165, 1.54) is 23.1 Å². The van der Waals surface area contributed by atoms with Gasteiger partial charge in [-0.15, -0.1) is 0 Å². The second-order valence-electron chi connectivity index (χ2n) is 7.87. The van der Waals surface area contributed by atoms with Crippen molar-refractivity contribution in [3.63, 3.8) is 0 Å². The number of para-hydroxylation sites is 1.